The van der Waals surface area contributed by atoms with Gasteiger partial charge in [-0.2, -0.15) is 0 Å². The molecule has 1 saturated heterocycles. The van der Waals surface area contributed by atoms with Crippen LogP contribution in [0, 0.1) is 0 Å². The molecule has 1 fully saturated rings. The average Bonchev–Trinajstić information content (AvgIpc) is 3.83. The van der Waals surface area contributed by atoms with Crippen LogP contribution >= 0.6 is 0 Å². The number of unbranched alkanes of at least 4 members (excludes halogenated alkanes) is 17. The smallest absolute Gasteiger partial charge is 0.307 e. The quantitative estimate of drug-likeness (QED) is 0.0184. The standard InChI is InChI=1S/C55H103N9O10/c1-6-8-10-12-14-16-18-20-22-24-36-64-43-50(59-60-64)45-72-54(68)29-38-62(37-28-53(67)71-44-49(56)42-63(57)35-23-21-19-17-15-13-11-9-7-2)34-27-33-61(5)32-25-30-58-31-26-39-69-55-41-51(73-48(4)66)40-52(74-55)46-70-47(3)65/h42-43,51-52,55,58H,6-41,44-46,56-57H2,1-5H3/b49-42-. The molecule has 1 aliphatic rings. The summed E-state index contributed by atoms with van der Waals surface area (Å²) in [5.74, 6) is 4.71. The number of nitrogens with two attached hydrogens (primary N) is 2. The summed E-state index contributed by atoms with van der Waals surface area (Å²) in [4.78, 5) is 53.1. The van der Waals surface area contributed by atoms with Crippen LogP contribution in [0.2, 0.25) is 0 Å². The van der Waals surface area contributed by atoms with E-state index in [1.165, 1.54) is 117 Å². The number of rotatable bonds is 48. The van der Waals surface area contributed by atoms with E-state index in [9.17, 15) is 19.2 Å². The largest absolute Gasteiger partial charge is 0.463 e. The minimum atomic E-state index is -0.544. The van der Waals surface area contributed by atoms with E-state index in [0.717, 1.165) is 71.2 Å². The molecule has 3 unspecified atom stereocenters. The van der Waals surface area contributed by atoms with Gasteiger partial charge in [0.2, 0.25) is 0 Å². The Morgan fingerprint density at radius 3 is 1.95 bits per heavy atom. The molecule has 1 aliphatic heterocycles. The predicted molar refractivity (Wildman–Crippen MR) is 289 cm³/mol. The summed E-state index contributed by atoms with van der Waals surface area (Å²) in [6.45, 7) is 14.2. The van der Waals surface area contributed by atoms with Crippen molar-refractivity contribution in [2.45, 2.75) is 226 Å². The van der Waals surface area contributed by atoms with Gasteiger partial charge in [0.1, 0.15) is 31.6 Å². The molecule has 0 spiro atoms. The Kier molecular flexibility index (Phi) is 39.6. The summed E-state index contributed by atoms with van der Waals surface area (Å²) in [6, 6.07) is 0. The molecule has 5 N–H and O–H groups in total. The Morgan fingerprint density at radius 2 is 1.31 bits per heavy atom. The van der Waals surface area contributed by atoms with Gasteiger partial charge in [0.15, 0.2) is 6.29 Å². The monoisotopic (exact) mass is 1050 g/mol. The zero-order valence-electron chi connectivity index (χ0n) is 46.9. The summed E-state index contributed by atoms with van der Waals surface area (Å²) in [5, 5.41) is 13.5. The van der Waals surface area contributed by atoms with Crippen molar-refractivity contribution in [1.82, 2.24) is 35.1 Å². The number of hydrazine groups is 1. The van der Waals surface area contributed by atoms with Gasteiger partial charge in [0.25, 0.3) is 0 Å². The van der Waals surface area contributed by atoms with Gasteiger partial charge in [-0.1, -0.05) is 128 Å². The van der Waals surface area contributed by atoms with Crippen LogP contribution in [-0.2, 0) is 60.8 Å². The number of hydrogen-bond acceptors (Lipinski definition) is 18. The van der Waals surface area contributed by atoms with Gasteiger partial charge < -0.3 is 54.3 Å². The minimum absolute atomic E-state index is 0.0383. The highest BCUT2D eigenvalue weighted by Gasteiger charge is 2.32. The maximum Gasteiger partial charge on any atom is 0.307 e. The van der Waals surface area contributed by atoms with Crippen molar-refractivity contribution >= 4 is 23.9 Å². The van der Waals surface area contributed by atoms with Gasteiger partial charge >= 0.3 is 23.9 Å². The number of carbonyl (C=O) groups excluding carboxylic acids is 4. The molecule has 0 amide bonds. The van der Waals surface area contributed by atoms with Gasteiger partial charge in [0, 0.05) is 59.1 Å². The number of esters is 4. The summed E-state index contributed by atoms with van der Waals surface area (Å²) < 4.78 is 35.4. The number of hydrogen-bond donors (Lipinski definition) is 3. The normalized spacial score (nSPS) is 15.9. The number of aryl methyl sites for hydroxylation is 1. The third-order valence-electron chi connectivity index (χ3n) is 13.1. The summed E-state index contributed by atoms with van der Waals surface area (Å²) in [7, 11) is 2.10. The first kappa shape index (κ1) is 66.2. The molecule has 1 aromatic rings. The lowest BCUT2D eigenvalue weighted by atomic mass is 10.1. The lowest BCUT2D eigenvalue weighted by molar-refractivity contribution is -0.229. The molecule has 74 heavy (non-hydrogen) atoms. The summed E-state index contributed by atoms with van der Waals surface area (Å²) >= 11 is 0. The van der Waals surface area contributed by atoms with Crippen molar-refractivity contribution in [2.75, 3.05) is 79.2 Å². The van der Waals surface area contributed by atoms with Gasteiger partial charge in [-0.15, -0.1) is 5.10 Å². The van der Waals surface area contributed by atoms with Gasteiger partial charge in [0.05, 0.1) is 37.4 Å². The predicted octanol–water partition coefficient (Wildman–Crippen LogP) is 8.08. The number of ether oxygens (including phenoxy) is 6. The van der Waals surface area contributed by atoms with E-state index in [2.05, 4.69) is 46.3 Å². The van der Waals surface area contributed by atoms with Crippen LogP contribution in [0.25, 0.3) is 0 Å². The van der Waals surface area contributed by atoms with E-state index in [0.29, 0.717) is 57.0 Å². The topological polar surface area (TPSA) is 228 Å². The fourth-order valence-corrected chi connectivity index (χ4v) is 8.86. The molecule has 1 aromatic heterocycles. The molecule has 0 bridgehead atoms. The zero-order valence-corrected chi connectivity index (χ0v) is 46.9. The lowest BCUT2D eigenvalue weighted by Crippen LogP contribution is -2.41. The second-order valence-electron chi connectivity index (χ2n) is 20.3. The fraction of sp³-hybridized carbons (Fsp3) is 0.855. The Hall–Kier alpha value is -3.88. The highest BCUT2D eigenvalue weighted by Crippen LogP contribution is 2.24. The first-order valence-corrected chi connectivity index (χ1v) is 28.7. The van der Waals surface area contributed by atoms with Crippen molar-refractivity contribution in [3.8, 4) is 0 Å². The molecule has 0 aliphatic carbocycles. The van der Waals surface area contributed by atoms with Crippen LogP contribution in [-0.4, -0.2) is 151 Å². The molecule has 2 heterocycles. The van der Waals surface area contributed by atoms with Crippen molar-refractivity contribution in [3.05, 3.63) is 23.8 Å². The average molecular weight is 1050 g/mol. The second kappa shape index (κ2) is 44.3. The molecular weight excluding hydrogens is 947 g/mol. The van der Waals surface area contributed by atoms with Crippen LogP contribution in [0.3, 0.4) is 0 Å². The Morgan fingerprint density at radius 1 is 0.716 bits per heavy atom. The van der Waals surface area contributed by atoms with Crippen LogP contribution in [0.1, 0.15) is 200 Å². The lowest BCUT2D eigenvalue weighted by Gasteiger charge is -2.34. The Bertz CT molecular complexity index is 1620. The van der Waals surface area contributed by atoms with Crippen molar-refractivity contribution in [1.29, 1.82) is 0 Å². The highest BCUT2D eigenvalue weighted by molar-refractivity contribution is 5.70. The van der Waals surface area contributed by atoms with E-state index in [-0.39, 0.29) is 56.7 Å². The van der Waals surface area contributed by atoms with Crippen LogP contribution in [0.5, 0.6) is 0 Å². The molecule has 19 nitrogen and oxygen atoms in total. The minimum Gasteiger partial charge on any atom is -0.463 e. The second-order valence-corrected chi connectivity index (χ2v) is 20.3. The molecule has 0 radical (unpaired) electrons. The summed E-state index contributed by atoms with van der Waals surface area (Å²) in [5.41, 5.74) is 7.19. The van der Waals surface area contributed by atoms with Crippen molar-refractivity contribution in [2.24, 2.45) is 11.6 Å². The summed E-state index contributed by atoms with van der Waals surface area (Å²) in [6.07, 6.45) is 29.8. The van der Waals surface area contributed by atoms with Crippen molar-refractivity contribution < 1.29 is 47.6 Å². The first-order chi connectivity index (χ1) is 35.9. The molecule has 3 atom stereocenters. The van der Waals surface area contributed by atoms with E-state index >= 15 is 0 Å². The highest BCUT2D eigenvalue weighted by atomic mass is 16.7. The third kappa shape index (κ3) is 37.8. The van der Waals surface area contributed by atoms with Gasteiger partial charge in [-0.25, -0.2) is 5.84 Å². The number of aromatic nitrogens is 3. The fourth-order valence-electron chi connectivity index (χ4n) is 8.86. The molecule has 428 valence electrons. The van der Waals surface area contributed by atoms with Crippen molar-refractivity contribution in [3.63, 3.8) is 0 Å². The first-order valence-electron chi connectivity index (χ1n) is 28.7. The molecule has 2 rings (SSSR count). The SMILES string of the molecule is CCCCCCCCCCCCn1cc(COC(=O)CCN(CCCN(C)CCCNCCCOC2CC(OC(C)=O)CC(COC(C)=O)O2)CCC(=O)OC/C(N)=C/N(N)CCCCCCCCCCC)nn1. The number of nitrogens with zero attached hydrogens (tertiary/aromatic N) is 6. The maximum absolute atomic E-state index is 13.0. The maximum atomic E-state index is 13.0. The van der Waals surface area contributed by atoms with Gasteiger partial charge in [-0.05, 0) is 71.9 Å². The number of carbonyl (C=O) groups is 4. The molecule has 0 aromatic carbocycles. The van der Waals surface area contributed by atoms with E-state index in [1.807, 2.05) is 10.9 Å². The van der Waals surface area contributed by atoms with E-state index in [4.69, 9.17) is 40.0 Å². The molecule has 19 heteroatoms. The Labute approximate surface area is 446 Å². The number of nitrogens with one attached hydrogen (secondary N) is 1. The van der Waals surface area contributed by atoms with Crippen LogP contribution < -0.4 is 16.9 Å². The molecule has 0 saturated carbocycles. The van der Waals surface area contributed by atoms with Crippen LogP contribution in [0.4, 0.5) is 0 Å². The van der Waals surface area contributed by atoms with Gasteiger partial charge in [-0.3, -0.25) is 23.9 Å². The van der Waals surface area contributed by atoms with E-state index < -0.39 is 18.4 Å². The third-order valence-corrected chi connectivity index (χ3v) is 13.1. The zero-order chi connectivity index (χ0) is 53.9. The van der Waals surface area contributed by atoms with Crippen LogP contribution in [0.15, 0.2) is 18.1 Å². The van der Waals surface area contributed by atoms with E-state index in [1.54, 1.807) is 11.2 Å². The molecular formula is C55H103N9O10. The Balaban J connectivity index is 1.74.